The Labute approximate surface area is 210 Å². The van der Waals surface area contributed by atoms with Crippen LogP contribution in [0.15, 0.2) is 47.4 Å². The Balaban J connectivity index is 1.65. The molecule has 0 unspecified atom stereocenters. The lowest BCUT2D eigenvalue weighted by Crippen LogP contribution is -2.52. The van der Waals surface area contributed by atoms with Gasteiger partial charge in [0, 0.05) is 24.4 Å². The molecule has 0 aromatic heterocycles. The minimum Gasteiger partial charge on any atom is -0.376 e. The van der Waals surface area contributed by atoms with Gasteiger partial charge in [0.15, 0.2) is 0 Å². The predicted molar refractivity (Wildman–Crippen MR) is 125 cm³/mol. The number of rotatable bonds is 8. The van der Waals surface area contributed by atoms with E-state index < -0.39 is 27.7 Å². The van der Waals surface area contributed by atoms with Gasteiger partial charge in [-0.2, -0.15) is 13.2 Å². The average molecular weight is 550 g/mol. The van der Waals surface area contributed by atoms with Crippen molar-refractivity contribution in [3.63, 3.8) is 0 Å². The number of benzene rings is 2. The van der Waals surface area contributed by atoms with E-state index in [2.05, 4.69) is 10.0 Å². The van der Waals surface area contributed by atoms with Crippen LogP contribution in [0, 0.1) is 0 Å². The number of hydrogen-bond donors (Lipinski definition) is 4. The zero-order valence-corrected chi connectivity index (χ0v) is 20.4. The fourth-order valence-corrected chi connectivity index (χ4v) is 4.53. The van der Waals surface area contributed by atoms with Gasteiger partial charge in [0.2, 0.25) is 5.60 Å². The molecule has 0 saturated carbocycles. The maximum atomic E-state index is 12.8. The van der Waals surface area contributed by atoms with Crippen LogP contribution in [0.2, 0.25) is 5.02 Å². The Morgan fingerprint density at radius 2 is 1.83 bits per heavy atom. The molecular weight excluding hydrogens is 527 g/mol. The van der Waals surface area contributed by atoms with E-state index >= 15 is 0 Å². The smallest absolute Gasteiger partial charge is 0.376 e. The number of ether oxygens (including phenoxy) is 1. The van der Waals surface area contributed by atoms with E-state index in [1.807, 2.05) is 5.32 Å². The van der Waals surface area contributed by atoms with Gasteiger partial charge < -0.3 is 20.5 Å². The molecule has 2 amide bonds. The van der Waals surface area contributed by atoms with Crippen LogP contribution in [-0.4, -0.2) is 56.4 Å². The fraction of sp³-hybridized carbons (Fsp3) is 0.364. The van der Waals surface area contributed by atoms with Gasteiger partial charge in [0.05, 0.1) is 21.7 Å². The summed E-state index contributed by atoms with van der Waals surface area (Å²) in [6.45, 7) is 1.31. The van der Waals surface area contributed by atoms with Gasteiger partial charge in [-0.05, 0) is 62.2 Å². The molecule has 1 fully saturated rings. The van der Waals surface area contributed by atoms with E-state index in [1.165, 1.54) is 24.3 Å². The van der Waals surface area contributed by atoms with Crippen LogP contribution in [0.25, 0.3) is 0 Å². The fourth-order valence-electron chi connectivity index (χ4n) is 3.15. The largest absolute Gasteiger partial charge is 0.426 e. The van der Waals surface area contributed by atoms with Crippen molar-refractivity contribution < 1.29 is 41.0 Å². The number of amides is 2. The summed E-state index contributed by atoms with van der Waals surface area (Å²) < 4.78 is 71.6. The van der Waals surface area contributed by atoms with Crippen molar-refractivity contribution in [3.05, 3.63) is 53.1 Å². The molecule has 3 rings (SSSR count). The molecule has 2 atom stereocenters. The Kier molecular flexibility index (Phi) is 8.18. The molecule has 4 N–H and O–H groups in total. The molecule has 2 aromatic carbocycles. The molecule has 0 bridgehead atoms. The minimum atomic E-state index is -5.24. The molecule has 196 valence electrons. The van der Waals surface area contributed by atoms with Gasteiger partial charge in [0.1, 0.15) is 0 Å². The van der Waals surface area contributed by atoms with Gasteiger partial charge in [-0.25, -0.2) is 8.42 Å². The Morgan fingerprint density at radius 1 is 1.17 bits per heavy atom. The summed E-state index contributed by atoms with van der Waals surface area (Å²) in [5.41, 5.74) is -3.56. The lowest BCUT2D eigenvalue weighted by Gasteiger charge is -2.25. The number of hydrogen-bond acceptors (Lipinski definition) is 6. The van der Waals surface area contributed by atoms with Gasteiger partial charge in [-0.1, -0.05) is 11.6 Å². The Hall–Kier alpha value is -2.87. The number of alkyl halides is 3. The first-order chi connectivity index (χ1) is 16.7. The molecule has 1 saturated heterocycles. The third kappa shape index (κ3) is 6.46. The summed E-state index contributed by atoms with van der Waals surface area (Å²) in [5.74, 6) is -2.13. The molecule has 0 radical (unpaired) electrons. The summed E-state index contributed by atoms with van der Waals surface area (Å²) in [6, 6.07) is 8.56. The number of halogens is 4. The number of carbonyl (C=O) groups excluding carboxylic acids is 2. The van der Waals surface area contributed by atoms with Crippen LogP contribution < -0.4 is 15.4 Å². The van der Waals surface area contributed by atoms with Crippen molar-refractivity contribution in [2.45, 2.75) is 42.5 Å². The summed E-state index contributed by atoms with van der Waals surface area (Å²) in [6.07, 6.45) is -3.45. The SMILES string of the molecule is C[C@@](O)(C(=O)Nc1ccc(S(=O)(=O)Nc2ccc(C(=O)NC[C@H]3CCCO3)cc2)cc1Cl)C(F)(F)F. The van der Waals surface area contributed by atoms with Crippen molar-refractivity contribution in [2.75, 3.05) is 23.2 Å². The first-order valence-electron chi connectivity index (χ1n) is 10.6. The maximum Gasteiger partial charge on any atom is 0.426 e. The highest BCUT2D eigenvalue weighted by Gasteiger charge is 2.55. The zero-order valence-electron chi connectivity index (χ0n) is 18.9. The van der Waals surface area contributed by atoms with Gasteiger partial charge >= 0.3 is 6.18 Å². The molecule has 1 aliphatic heterocycles. The predicted octanol–water partition coefficient (Wildman–Crippen LogP) is 3.30. The number of nitrogens with one attached hydrogen (secondary N) is 3. The van der Waals surface area contributed by atoms with Gasteiger partial charge in [-0.3, -0.25) is 14.3 Å². The van der Waals surface area contributed by atoms with E-state index in [1.54, 1.807) is 0 Å². The first kappa shape index (κ1) is 27.7. The van der Waals surface area contributed by atoms with E-state index in [0.29, 0.717) is 18.7 Å². The van der Waals surface area contributed by atoms with Crippen molar-refractivity contribution in [3.8, 4) is 0 Å². The highest BCUT2D eigenvalue weighted by atomic mass is 35.5. The highest BCUT2D eigenvalue weighted by Crippen LogP contribution is 2.33. The summed E-state index contributed by atoms with van der Waals surface area (Å²) in [5, 5.41) is 13.6. The summed E-state index contributed by atoms with van der Waals surface area (Å²) in [7, 11) is -4.18. The number of carbonyl (C=O) groups is 2. The standard InChI is InChI=1S/C22H23ClF3N3O6S/c1-21(32,22(24,25)26)20(31)28-18-9-8-16(11-17(18)23)36(33,34)29-14-6-4-13(5-7-14)19(30)27-12-15-3-2-10-35-15/h4-9,11,15,29,32H,2-3,10,12H2,1H3,(H,27,30)(H,28,31)/t15-,21-/m1/s1. The molecule has 2 aromatic rings. The summed E-state index contributed by atoms with van der Waals surface area (Å²) >= 11 is 5.96. The Morgan fingerprint density at radius 3 is 2.39 bits per heavy atom. The van der Waals surface area contributed by atoms with Crippen LogP contribution in [0.1, 0.15) is 30.1 Å². The Bertz CT molecular complexity index is 1230. The van der Waals surface area contributed by atoms with E-state index in [-0.39, 0.29) is 40.2 Å². The second-order valence-electron chi connectivity index (χ2n) is 8.19. The highest BCUT2D eigenvalue weighted by molar-refractivity contribution is 7.92. The quantitative estimate of drug-likeness (QED) is 0.399. The number of anilines is 2. The van der Waals surface area contributed by atoms with E-state index in [9.17, 15) is 36.3 Å². The molecule has 9 nitrogen and oxygen atoms in total. The topological polar surface area (TPSA) is 134 Å². The van der Waals surface area contributed by atoms with Gasteiger partial charge in [-0.15, -0.1) is 0 Å². The molecule has 0 spiro atoms. The average Bonchev–Trinajstić information content (AvgIpc) is 3.32. The second kappa shape index (κ2) is 10.6. The van der Waals surface area contributed by atoms with Crippen LogP contribution in [-0.2, 0) is 19.6 Å². The monoisotopic (exact) mass is 549 g/mol. The lowest BCUT2D eigenvalue weighted by atomic mass is 10.1. The van der Waals surface area contributed by atoms with E-state index in [4.69, 9.17) is 16.3 Å². The molecule has 0 aliphatic carbocycles. The molecular formula is C22H23ClF3N3O6S. The minimum absolute atomic E-state index is 0.0237. The van der Waals surface area contributed by atoms with Crippen LogP contribution in [0.5, 0.6) is 0 Å². The summed E-state index contributed by atoms with van der Waals surface area (Å²) in [4.78, 5) is 23.7. The van der Waals surface area contributed by atoms with E-state index in [0.717, 1.165) is 31.0 Å². The third-order valence-electron chi connectivity index (χ3n) is 5.41. The van der Waals surface area contributed by atoms with Crippen molar-refractivity contribution in [1.82, 2.24) is 5.32 Å². The number of aliphatic hydroxyl groups is 1. The molecule has 1 heterocycles. The maximum absolute atomic E-state index is 12.8. The van der Waals surface area contributed by atoms with Crippen molar-refractivity contribution in [1.29, 1.82) is 0 Å². The number of sulfonamides is 1. The lowest BCUT2D eigenvalue weighted by molar-refractivity contribution is -0.242. The van der Waals surface area contributed by atoms with Crippen molar-refractivity contribution in [2.24, 2.45) is 0 Å². The van der Waals surface area contributed by atoms with Crippen LogP contribution in [0.4, 0.5) is 24.5 Å². The second-order valence-corrected chi connectivity index (χ2v) is 10.3. The normalized spacial score (nSPS) is 17.8. The zero-order chi connectivity index (χ0) is 26.7. The third-order valence-corrected chi connectivity index (χ3v) is 7.10. The molecule has 36 heavy (non-hydrogen) atoms. The molecule has 14 heteroatoms. The van der Waals surface area contributed by atoms with Gasteiger partial charge in [0.25, 0.3) is 21.8 Å². The van der Waals surface area contributed by atoms with Crippen molar-refractivity contribution >= 4 is 44.8 Å². The van der Waals surface area contributed by atoms with Crippen LogP contribution >= 0.6 is 11.6 Å². The first-order valence-corrected chi connectivity index (χ1v) is 12.5. The van der Waals surface area contributed by atoms with Crippen LogP contribution in [0.3, 0.4) is 0 Å². The molecule has 1 aliphatic rings.